The summed E-state index contributed by atoms with van der Waals surface area (Å²) < 4.78 is 0. The molecule has 3 heteroatoms. The minimum absolute atomic E-state index is 0.0128. The molecule has 0 spiro atoms. The number of rotatable bonds is 5. The minimum Gasteiger partial charge on any atom is -0.362 e. The van der Waals surface area contributed by atoms with E-state index in [1.54, 1.807) is 0 Å². The second-order valence-electron chi connectivity index (χ2n) is 6.17. The molecule has 0 aliphatic rings. The highest BCUT2D eigenvalue weighted by Gasteiger charge is 2.13. The van der Waals surface area contributed by atoms with Crippen LogP contribution in [0.4, 0.5) is 11.4 Å². The van der Waals surface area contributed by atoms with Gasteiger partial charge in [0.05, 0.1) is 6.54 Å². The molecular formula is C20H26N2O. The van der Waals surface area contributed by atoms with E-state index in [1.807, 2.05) is 19.1 Å². The lowest BCUT2D eigenvalue weighted by atomic mass is 10.1. The number of aryl methyl sites for hydroxylation is 4. The van der Waals surface area contributed by atoms with Gasteiger partial charge in [0, 0.05) is 17.9 Å². The molecule has 0 saturated carbocycles. The molecule has 3 nitrogen and oxygen atoms in total. The van der Waals surface area contributed by atoms with Gasteiger partial charge in [-0.25, -0.2) is 0 Å². The van der Waals surface area contributed by atoms with Gasteiger partial charge in [0.2, 0.25) is 5.91 Å². The van der Waals surface area contributed by atoms with Gasteiger partial charge in [-0.2, -0.15) is 0 Å². The Morgan fingerprint density at radius 3 is 2.13 bits per heavy atom. The molecule has 2 rings (SSSR count). The summed E-state index contributed by atoms with van der Waals surface area (Å²) in [6.45, 7) is 11.5. The fourth-order valence-corrected chi connectivity index (χ4v) is 2.84. The molecule has 0 fully saturated rings. The van der Waals surface area contributed by atoms with Crippen LogP contribution in [0.1, 0.15) is 29.2 Å². The number of amides is 1. The van der Waals surface area contributed by atoms with Crippen molar-refractivity contribution < 1.29 is 4.79 Å². The van der Waals surface area contributed by atoms with Gasteiger partial charge in [0.15, 0.2) is 0 Å². The smallest absolute Gasteiger partial charge is 0.243 e. The van der Waals surface area contributed by atoms with Gasteiger partial charge < -0.3 is 10.2 Å². The first-order valence-electron chi connectivity index (χ1n) is 8.10. The van der Waals surface area contributed by atoms with E-state index >= 15 is 0 Å². The molecule has 23 heavy (non-hydrogen) atoms. The van der Waals surface area contributed by atoms with Gasteiger partial charge in [-0.3, -0.25) is 4.79 Å². The van der Waals surface area contributed by atoms with Crippen LogP contribution in [0.3, 0.4) is 0 Å². The Morgan fingerprint density at radius 2 is 1.57 bits per heavy atom. The Kier molecular flexibility index (Phi) is 5.43. The lowest BCUT2D eigenvalue weighted by molar-refractivity contribution is -0.115. The molecule has 0 aromatic heterocycles. The molecule has 0 saturated heterocycles. The number of hydrogen-bond acceptors (Lipinski definition) is 2. The molecule has 122 valence electrons. The van der Waals surface area contributed by atoms with Crippen molar-refractivity contribution in [3.63, 3.8) is 0 Å². The maximum Gasteiger partial charge on any atom is 0.243 e. The van der Waals surface area contributed by atoms with E-state index in [0.717, 1.165) is 23.5 Å². The number of anilines is 2. The summed E-state index contributed by atoms with van der Waals surface area (Å²) in [7, 11) is 0. The molecule has 0 aliphatic carbocycles. The van der Waals surface area contributed by atoms with Crippen molar-refractivity contribution in [2.24, 2.45) is 0 Å². The second-order valence-corrected chi connectivity index (χ2v) is 6.17. The summed E-state index contributed by atoms with van der Waals surface area (Å²) in [6.07, 6.45) is 0. The van der Waals surface area contributed by atoms with E-state index in [9.17, 15) is 4.79 Å². The predicted molar refractivity (Wildman–Crippen MR) is 98.3 cm³/mol. The standard InChI is InChI=1S/C20H26N2O/c1-6-22(19-10-8-15(3)12-17(19)5)13-20(23)21-18-9-7-14(2)11-16(18)4/h7-12H,6,13H2,1-5H3,(H,21,23). The minimum atomic E-state index is 0.0128. The number of nitrogens with zero attached hydrogens (tertiary/aromatic N) is 1. The van der Waals surface area contributed by atoms with Gasteiger partial charge in [0.1, 0.15) is 0 Å². The Morgan fingerprint density at radius 1 is 0.957 bits per heavy atom. The fraction of sp³-hybridized carbons (Fsp3) is 0.350. The van der Waals surface area contributed by atoms with Crippen LogP contribution in [0.2, 0.25) is 0 Å². The summed E-state index contributed by atoms with van der Waals surface area (Å²) in [4.78, 5) is 14.5. The zero-order chi connectivity index (χ0) is 17.0. The largest absolute Gasteiger partial charge is 0.362 e. The Bertz CT molecular complexity index is 707. The highest BCUT2D eigenvalue weighted by molar-refractivity contribution is 5.94. The molecule has 1 amide bonds. The quantitative estimate of drug-likeness (QED) is 0.888. The number of benzene rings is 2. The molecule has 0 atom stereocenters. The van der Waals surface area contributed by atoms with Crippen LogP contribution in [0, 0.1) is 27.7 Å². The fourth-order valence-electron chi connectivity index (χ4n) is 2.84. The molecule has 0 aliphatic heterocycles. The highest BCUT2D eigenvalue weighted by atomic mass is 16.2. The van der Waals surface area contributed by atoms with Crippen molar-refractivity contribution in [1.29, 1.82) is 0 Å². The normalized spacial score (nSPS) is 10.5. The Balaban J connectivity index is 2.10. The van der Waals surface area contributed by atoms with Crippen molar-refractivity contribution >= 4 is 17.3 Å². The summed E-state index contributed by atoms with van der Waals surface area (Å²) >= 11 is 0. The number of hydrogen-bond donors (Lipinski definition) is 1. The van der Waals surface area contributed by atoms with E-state index in [-0.39, 0.29) is 5.91 Å². The number of nitrogens with one attached hydrogen (secondary N) is 1. The summed E-state index contributed by atoms with van der Waals surface area (Å²) in [5, 5.41) is 3.02. The SMILES string of the molecule is CCN(CC(=O)Nc1ccc(C)cc1C)c1ccc(C)cc1C. The molecule has 2 aromatic carbocycles. The summed E-state index contributed by atoms with van der Waals surface area (Å²) in [6, 6.07) is 12.4. The Hall–Kier alpha value is -2.29. The van der Waals surface area contributed by atoms with E-state index < -0.39 is 0 Å². The predicted octanol–water partition coefficient (Wildman–Crippen LogP) is 4.39. The highest BCUT2D eigenvalue weighted by Crippen LogP contribution is 2.21. The molecule has 2 aromatic rings. The number of carbonyl (C=O) groups excluding carboxylic acids is 1. The second kappa shape index (κ2) is 7.32. The van der Waals surface area contributed by atoms with E-state index in [2.05, 4.69) is 62.2 Å². The van der Waals surface area contributed by atoms with Gasteiger partial charge in [-0.05, 0) is 57.9 Å². The Labute approximate surface area is 139 Å². The maximum absolute atomic E-state index is 12.4. The van der Waals surface area contributed by atoms with Crippen LogP contribution in [0.25, 0.3) is 0 Å². The van der Waals surface area contributed by atoms with E-state index in [1.165, 1.54) is 16.7 Å². The van der Waals surface area contributed by atoms with Crippen LogP contribution < -0.4 is 10.2 Å². The molecular weight excluding hydrogens is 284 g/mol. The lowest BCUT2D eigenvalue weighted by Gasteiger charge is -2.25. The molecule has 0 heterocycles. The van der Waals surface area contributed by atoms with Gasteiger partial charge >= 0.3 is 0 Å². The van der Waals surface area contributed by atoms with Crippen LogP contribution in [-0.4, -0.2) is 19.0 Å². The molecule has 0 bridgehead atoms. The van der Waals surface area contributed by atoms with Crippen LogP contribution in [0.5, 0.6) is 0 Å². The maximum atomic E-state index is 12.4. The first-order chi connectivity index (χ1) is 10.9. The summed E-state index contributed by atoms with van der Waals surface area (Å²) in [5.74, 6) is 0.0128. The van der Waals surface area contributed by atoms with Crippen LogP contribution in [0.15, 0.2) is 36.4 Å². The van der Waals surface area contributed by atoms with Crippen molar-refractivity contribution in [2.45, 2.75) is 34.6 Å². The first kappa shape index (κ1) is 17.1. The van der Waals surface area contributed by atoms with Crippen molar-refractivity contribution in [1.82, 2.24) is 0 Å². The van der Waals surface area contributed by atoms with Crippen molar-refractivity contribution in [3.05, 3.63) is 58.7 Å². The number of likely N-dealkylation sites (N-methyl/N-ethyl adjacent to an activating group) is 1. The molecule has 1 N–H and O–H groups in total. The zero-order valence-electron chi connectivity index (χ0n) is 14.7. The van der Waals surface area contributed by atoms with Crippen LogP contribution >= 0.6 is 0 Å². The van der Waals surface area contributed by atoms with E-state index in [4.69, 9.17) is 0 Å². The van der Waals surface area contributed by atoms with Crippen molar-refractivity contribution in [2.75, 3.05) is 23.3 Å². The first-order valence-corrected chi connectivity index (χ1v) is 8.10. The third kappa shape index (κ3) is 4.35. The average Bonchev–Trinajstić information content (AvgIpc) is 2.48. The van der Waals surface area contributed by atoms with Gasteiger partial charge in [-0.1, -0.05) is 35.4 Å². The average molecular weight is 310 g/mol. The third-order valence-corrected chi connectivity index (χ3v) is 4.07. The van der Waals surface area contributed by atoms with Crippen molar-refractivity contribution in [3.8, 4) is 0 Å². The topological polar surface area (TPSA) is 32.3 Å². The van der Waals surface area contributed by atoms with Gasteiger partial charge in [0.25, 0.3) is 0 Å². The van der Waals surface area contributed by atoms with E-state index in [0.29, 0.717) is 6.54 Å². The van der Waals surface area contributed by atoms with Gasteiger partial charge in [-0.15, -0.1) is 0 Å². The van der Waals surface area contributed by atoms with Crippen LogP contribution in [-0.2, 0) is 4.79 Å². The third-order valence-electron chi connectivity index (χ3n) is 4.07. The molecule has 0 radical (unpaired) electrons. The zero-order valence-corrected chi connectivity index (χ0v) is 14.7. The monoisotopic (exact) mass is 310 g/mol. The number of carbonyl (C=O) groups is 1. The molecule has 0 unspecified atom stereocenters. The lowest BCUT2D eigenvalue weighted by Crippen LogP contribution is -2.33. The summed E-state index contributed by atoms with van der Waals surface area (Å²) in [5.41, 5.74) is 6.73.